The average molecular weight is 298 g/mol. The molecule has 0 atom stereocenters. The molecule has 4 nitrogen and oxygen atoms in total. The summed E-state index contributed by atoms with van der Waals surface area (Å²) in [4.78, 5) is 11.4. The van der Waals surface area contributed by atoms with E-state index in [0.29, 0.717) is 39.5 Å². The molecule has 0 saturated carbocycles. The zero-order valence-corrected chi connectivity index (χ0v) is 13.4. The van der Waals surface area contributed by atoms with Crippen molar-refractivity contribution in [2.24, 2.45) is 0 Å². The summed E-state index contributed by atoms with van der Waals surface area (Å²) < 4.78 is 15.4. The number of hydrogen-bond acceptors (Lipinski definition) is 4. The van der Waals surface area contributed by atoms with Gasteiger partial charge in [0.15, 0.2) is 0 Å². The first-order chi connectivity index (χ1) is 10.3. The van der Waals surface area contributed by atoms with Crippen LogP contribution in [0.1, 0.15) is 58.3 Å². The number of unbranched alkanes of at least 4 members (excludes halogenated alkanes) is 6. The van der Waals surface area contributed by atoms with Gasteiger partial charge in [-0.2, -0.15) is 0 Å². The van der Waals surface area contributed by atoms with Gasteiger partial charge in [-0.3, -0.25) is 4.79 Å². The smallest absolute Gasteiger partial charge is 0.305 e. The largest absolute Gasteiger partial charge is 0.463 e. The van der Waals surface area contributed by atoms with Crippen molar-refractivity contribution >= 4 is 5.97 Å². The lowest BCUT2D eigenvalue weighted by atomic mass is 10.1. The van der Waals surface area contributed by atoms with Crippen LogP contribution in [0.2, 0.25) is 0 Å². The third-order valence-electron chi connectivity index (χ3n) is 3.03. The Morgan fingerprint density at radius 2 is 1.52 bits per heavy atom. The van der Waals surface area contributed by atoms with Gasteiger partial charge in [-0.1, -0.05) is 51.4 Å². The molecule has 0 spiro atoms. The molecule has 0 amide bonds. The molecule has 122 valence electrons. The number of carbonyl (C=O) groups is 1. The van der Waals surface area contributed by atoms with Gasteiger partial charge in [0.1, 0.15) is 13.2 Å². The van der Waals surface area contributed by atoms with Gasteiger partial charge in [0.2, 0.25) is 0 Å². The monoisotopic (exact) mass is 298 g/mol. The minimum absolute atomic E-state index is 0.129. The van der Waals surface area contributed by atoms with E-state index in [1.807, 2.05) is 0 Å². The van der Waals surface area contributed by atoms with E-state index in [1.165, 1.54) is 32.1 Å². The van der Waals surface area contributed by atoms with Crippen molar-refractivity contribution in [1.82, 2.24) is 0 Å². The minimum Gasteiger partial charge on any atom is -0.463 e. The molecule has 0 rings (SSSR count). The van der Waals surface area contributed by atoms with E-state index in [2.05, 4.69) is 12.8 Å². The zero-order valence-electron chi connectivity index (χ0n) is 13.4. The van der Waals surface area contributed by atoms with Gasteiger partial charge < -0.3 is 14.2 Å². The standard InChI is InChI=1S/C17H30O4/c1-3-5-6-7-8-9-10-11-17(18)21-16-15-20-14-13-19-12-4-2/h2H,3,5-16H2,1H3. The zero-order chi connectivity index (χ0) is 15.6. The second-order valence-corrected chi connectivity index (χ2v) is 4.96. The third-order valence-corrected chi connectivity index (χ3v) is 3.03. The predicted octanol–water partition coefficient (Wildman–Crippen LogP) is 3.34. The summed E-state index contributed by atoms with van der Waals surface area (Å²) in [5, 5.41) is 0. The molecule has 0 saturated heterocycles. The molecular weight excluding hydrogens is 268 g/mol. The van der Waals surface area contributed by atoms with Gasteiger partial charge in [-0.25, -0.2) is 0 Å². The molecule has 0 aromatic heterocycles. The Kier molecular flexibility index (Phi) is 16.2. The number of carbonyl (C=O) groups excluding carboxylic acids is 1. The summed E-state index contributed by atoms with van der Waals surface area (Å²) in [7, 11) is 0. The number of terminal acetylenes is 1. The molecule has 0 heterocycles. The molecule has 4 heteroatoms. The quantitative estimate of drug-likeness (QED) is 0.264. The Morgan fingerprint density at radius 3 is 2.24 bits per heavy atom. The molecule has 0 radical (unpaired) electrons. The molecule has 0 aromatic rings. The normalized spacial score (nSPS) is 10.3. The van der Waals surface area contributed by atoms with Crippen molar-refractivity contribution in [2.45, 2.75) is 58.3 Å². The number of rotatable bonds is 15. The Morgan fingerprint density at radius 1 is 0.905 bits per heavy atom. The molecular formula is C17H30O4. The Hall–Kier alpha value is -1.05. The SMILES string of the molecule is C#CCOCCOCCOC(=O)CCCCCCCCC. The minimum atomic E-state index is -0.129. The van der Waals surface area contributed by atoms with Gasteiger partial charge in [-0.05, 0) is 6.42 Å². The first-order valence-electron chi connectivity index (χ1n) is 8.05. The fourth-order valence-corrected chi connectivity index (χ4v) is 1.86. The van der Waals surface area contributed by atoms with E-state index >= 15 is 0 Å². The third kappa shape index (κ3) is 16.9. The van der Waals surface area contributed by atoms with Gasteiger partial charge in [0, 0.05) is 6.42 Å². The lowest BCUT2D eigenvalue weighted by Gasteiger charge is -2.06. The van der Waals surface area contributed by atoms with E-state index < -0.39 is 0 Å². The van der Waals surface area contributed by atoms with E-state index in [1.54, 1.807) is 0 Å². The topological polar surface area (TPSA) is 44.8 Å². The molecule has 0 fully saturated rings. The Balaban J connectivity index is 3.15. The van der Waals surface area contributed by atoms with Crippen LogP contribution < -0.4 is 0 Å². The molecule has 0 aliphatic carbocycles. The average Bonchev–Trinajstić information content (AvgIpc) is 2.49. The van der Waals surface area contributed by atoms with Crippen LogP contribution in [0.5, 0.6) is 0 Å². The number of hydrogen-bond donors (Lipinski definition) is 0. The first kappa shape index (κ1) is 19.9. The summed E-state index contributed by atoms with van der Waals surface area (Å²) in [6.07, 6.45) is 14.0. The van der Waals surface area contributed by atoms with Crippen LogP contribution in [0.3, 0.4) is 0 Å². The Labute approximate surface area is 129 Å². The maximum atomic E-state index is 11.4. The first-order valence-corrected chi connectivity index (χ1v) is 8.05. The highest BCUT2D eigenvalue weighted by Gasteiger charge is 2.02. The van der Waals surface area contributed by atoms with Crippen LogP contribution in [0.15, 0.2) is 0 Å². The summed E-state index contributed by atoms with van der Waals surface area (Å²) in [5.74, 6) is 2.25. The highest BCUT2D eigenvalue weighted by molar-refractivity contribution is 5.69. The van der Waals surface area contributed by atoms with Crippen molar-refractivity contribution in [3.63, 3.8) is 0 Å². The van der Waals surface area contributed by atoms with Crippen molar-refractivity contribution in [1.29, 1.82) is 0 Å². The highest BCUT2D eigenvalue weighted by Crippen LogP contribution is 2.08. The van der Waals surface area contributed by atoms with Crippen molar-refractivity contribution in [3.05, 3.63) is 0 Å². The van der Waals surface area contributed by atoms with E-state index in [9.17, 15) is 4.79 Å². The molecule has 0 aliphatic rings. The maximum Gasteiger partial charge on any atom is 0.305 e. The molecule has 0 bridgehead atoms. The van der Waals surface area contributed by atoms with Crippen LogP contribution >= 0.6 is 0 Å². The summed E-state index contributed by atoms with van der Waals surface area (Å²) in [5.41, 5.74) is 0. The van der Waals surface area contributed by atoms with Crippen molar-refractivity contribution < 1.29 is 19.0 Å². The highest BCUT2D eigenvalue weighted by atomic mass is 16.6. The second kappa shape index (κ2) is 17.0. The summed E-state index contributed by atoms with van der Waals surface area (Å²) >= 11 is 0. The molecule has 0 aromatic carbocycles. The predicted molar refractivity (Wildman–Crippen MR) is 84.0 cm³/mol. The fourth-order valence-electron chi connectivity index (χ4n) is 1.86. The lowest BCUT2D eigenvalue weighted by Crippen LogP contribution is -2.12. The number of esters is 1. The van der Waals surface area contributed by atoms with Crippen LogP contribution in [-0.4, -0.2) is 39.0 Å². The maximum absolute atomic E-state index is 11.4. The molecule has 0 N–H and O–H groups in total. The second-order valence-electron chi connectivity index (χ2n) is 4.96. The van der Waals surface area contributed by atoms with Crippen molar-refractivity contribution in [3.8, 4) is 12.3 Å². The van der Waals surface area contributed by atoms with E-state index in [0.717, 1.165) is 12.8 Å². The van der Waals surface area contributed by atoms with Crippen LogP contribution in [0.25, 0.3) is 0 Å². The lowest BCUT2D eigenvalue weighted by molar-refractivity contribution is -0.145. The summed E-state index contributed by atoms with van der Waals surface area (Å²) in [6, 6.07) is 0. The molecule has 0 unspecified atom stereocenters. The van der Waals surface area contributed by atoms with E-state index in [4.69, 9.17) is 20.6 Å². The van der Waals surface area contributed by atoms with Crippen LogP contribution in [0, 0.1) is 12.3 Å². The molecule has 21 heavy (non-hydrogen) atoms. The number of ether oxygens (including phenoxy) is 3. The molecule has 0 aliphatic heterocycles. The van der Waals surface area contributed by atoms with Gasteiger partial charge in [0.25, 0.3) is 0 Å². The summed E-state index contributed by atoms with van der Waals surface area (Å²) in [6.45, 7) is 4.17. The fraction of sp³-hybridized carbons (Fsp3) is 0.824. The van der Waals surface area contributed by atoms with Crippen LogP contribution in [0.4, 0.5) is 0 Å². The van der Waals surface area contributed by atoms with Crippen molar-refractivity contribution in [2.75, 3.05) is 33.0 Å². The Bertz CT molecular complexity index is 270. The van der Waals surface area contributed by atoms with E-state index in [-0.39, 0.29) is 5.97 Å². The van der Waals surface area contributed by atoms with Gasteiger partial charge in [-0.15, -0.1) is 6.42 Å². The van der Waals surface area contributed by atoms with Gasteiger partial charge >= 0.3 is 5.97 Å². The van der Waals surface area contributed by atoms with Crippen LogP contribution in [-0.2, 0) is 19.0 Å². The van der Waals surface area contributed by atoms with Gasteiger partial charge in [0.05, 0.1) is 19.8 Å².